The molecule has 0 aliphatic rings. The van der Waals surface area contributed by atoms with Crippen molar-refractivity contribution in [3.63, 3.8) is 0 Å². The summed E-state index contributed by atoms with van der Waals surface area (Å²) in [7, 11) is -3.87. The second-order valence-corrected chi connectivity index (χ2v) is 9.47. The van der Waals surface area contributed by atoms with Gasteiger partial charge in [-0.05, 0) is 44.5 Å². The van der Waals surface area contributed by atoms with Crippen LogP contribution < -0.4 is 4.72 Å². The predicted octanol–water partition coefficient (Wildman–Crippen LogP) is 5.28. The number of rotatable bonds is 8. The van der Waals surface area contributed by atoms with E-state index in [9.17, 15) is 8.42 Å². The van der Waals surface area contributed by atoms with Crippen molar-refractivity contribution < 1.29 is 22.1 Å². The lowest BCUT2D eigenvalue weighted by Gasteiger charge is -2.18. The minimum absolute atomic E-state index is 0.0827. The Balaban J connectivity index is 1.66. The molecule has 0 amide bonds. The Labute approximate surface area is 191 Å². The van der Waals surface area contributed by atoms with Crippen LogP contribution in [0.4, 0.5) is 0 Å². The largest absolute Gasteiger partial charge is 0.461 e. The number of ether oxygens (including phenoxy) is 1. The monoisotopic (exact) mass is 474 g/mol. The summed E-state index contributed by atoms with van der Waals surface area (Å²) in [4.78, 5) is 0.127. The van der Waals surface area contributed by atoms with E-state index < -0.39 is 16.3 Å². The second-order valence-electron chi connectivity index (χ2n) is 7.49. The molecule has 9 heteroatoms. The molecule has 0 fully saturated rings. The molecule has 4 rings (SSSR count). The van der Waals surface area contributed by atoms with Crippen molar-refractivity contribution in [1.82, 2.24) is 9.88 Å². The van der Waals surface area contributed by atoms with E-state index in [2.05, 4.69) is 9.88 Å². The first-order valence-electron chi connectivity index (χ1n) is 9.98. The van der Waals surface area contributed by atoms with Gasteiger partial charge in [0.1, 0.15) is 22.8 Å². The van der Waals surface area contributed by atoms with E-state index in [-0.39, 0.29) is 11.5 Å². The molecule has 0 saturated carbocycles. The molecule has 168 valence electrons. The van der Waals surface area contributed by atoms with Crippen molar-refractivity contribution in [2.75, 3.05) is 0 Å². The molecule has 1 atom stereocenters. The maximum Gasteiger partial charge on any atom is 0.243 e. The van der Waals surface area contributed by atoms with Gasteiger partial charge in [0, 0.05) is 22.4 Å². The zero-order chi connectivity index (χ0) is 22.9. The topological polar surface area (TPSA) is 94.6 Å². The minimum Gasteiger partial charge on any atom is -0.461 e. The van der Waals surface area contributed by atoms with Gasteiger partial charge in [0.2, 0.25) is 10.0 Å². The van der Waals surface area contributed by atoms with Crippen molar-refractivity contribution in [3.8, 4) is 0 Å². The number of aryl methyl sites for hydroxylation is 2. The first kappa shape index (κ1) is 22.5. The number of benzene rings is 2. The van der Waals surface area contributed by atoms with Crippen molar-refractivity contribution in [2.24, 2.45) is 0 Å². The van der Waals surface area contributed by atoms with E-state index in [1.54, 1.807) is 32.0 Å². The van der Waals surface area contributed by atoms with Crippen LogP contribution in [-0.2, 0) is 27.2 Å². The molecule has 0 aliphatic heterocycles. The van der Waals surface area contributed by atoms with Crippen LogP contribution in [0, 0.1) is 20.8 Å². The third kappa shape index (κ3) is 4.45. The molecule has 0 saturated heterocycles. The van der Waals surface area contributed by atoms with Crippen LogP contribution >= 0.6 is 11.6 Å². The van der Waals surface area contributed by atoms with Gasteiger partial charge in [0.25, 0.3) is 0 Å². The standard InChI is InChI=1S/C23H23ClN2O5S/c1-14-11-20-17(12-24)9-10-18(22(20)30-14)13-29-23(21-15(2)16(3)31-25-21)26-32(27,28)19-7-5-4-6-8-19/h4-11,23,26H,12-13H2,1-3H3. The molecular formula is C23H23ClN2O5S. The maximum atomic E-state index is 13.0. The van der Waals surface area contributed by atoms with Gasteiger partial charge in [-0.2, -0.15) is 4.72 Å². The molecule has 0 aliphatic carbocycles. The van der Waals surface area contributed by atoms with E-state index in [0.29, 0.717) is 28.5 Å². The first-order valence-corrected chi connectivity index (χ1v) is 12.0. The Bertz CT molecular complexity index is 1350. The molecule has 0 spiro atoms. The van der Waals surface area contributed by atoms with E-state index in [4.69, 9.17) is 25.3 Å². The van der Waals surface area contributed by atoms with Crippen LogP contribution in [0.25, 0.3) is 11.0 Å². The fraction of sp³-hybridized carbons (Fsp3) is 0.261. The molecule has 4 aromatic rings. The number of halogens is 1. The van der Waals surface area contributed by atoms with Gasteiger partial charge in [-0.1, -0.05) is 35.5 Å². The van der Waals surface area contributed by atoms with Gasteiger partial charge in [0.05, 0.1) is 11.5 Å². The van der Waals surface area contributed by atoms with E-state index in [0.717, 1.165) is 22.3 Å². The number of hydrogen-bond donors (Lipinski definition) is 1. The summed E-state index contributed by atoms with van der Waals surface area (Å²) in [6, 6.07) is 13.8. The predicted molar refractivity (Wildman–Crippen MR) is 121 cm³/mol. The van der Waals surface area contributed by atoms with Gasteiger partial charge < -0.3 is 13.7 Å². The number of sulfonamides is 1. The quantitative estimate of drug-likeness (QED) is 0.276. The summed E-state index contributed by atoms with van der Waals surface area (Å²) in [5.74, 6) is 1.69. The molecule has 2 heterocycles. The lowest BCUT2D eigenvalue weighted by molar-refractivity contribution is 0.0272. The highest BCUT2D eigenvalue weighted by Gasteiger charge is 2.27. The van der Waals surface area contributed by atoms with Gasteiger partial charge in [-0.25, -0.2) is 8.42 Å². The van der Waals surface area contributed by atoms with Crippen molar-refractivity contribution in [1.29, 1.82) is 0 Å². The highest BCUT2D eigenvalue weighted by Crippen LogP contribution is 2.30. The number of fused-ring (bicyclic) bond motifs is 1. The molecule has 2 aromatic heterocycles. The number of nitrogens with one attached hydrogen (secondary N) is 1. The summed E-state index contributed by atoms with van der Waals surface area (Å²) in [6.07, 6.45) is -1.06. The van der Waals surface area contributed by atoms with Gasteiger partial charge in [-0.3, -0.25) is 0 Å². The number of nitrogens with zero attached hydrogens (tertiary/aromatic N) is 1. The zero-order valence-corrected chi connectivity index (χ0v) is 19.5. The van der Waals surface area contributed by atoms with Gasteiger partial charge >= 0.3 is 0 Å². The van der Waals surface area contributed by atoms with Crippen LogP contribution in [0.1, 0.15) is 40.1 Å². The maximum absolute atomic E-state index is 13.0. The molecule has 1 unspecified atom stereocenters. The molecule has 7 nitrogen and oxygen atoms in total. The Morgan fingerprint density at radius 2 is 1.81 bits per heavy atom. The van der Waals surface area contributed by atoms with E-state index >= 15 is 0 Å². The second kappa shape index (κ2) is 9.07. The molecule has 0 radical (unpaired) electrons. The average molecular weight is 475 g/mol. The van der Waals surface area contributed by atoms with Crippen LogP contribution in [0.3, 0.4) is 0 Å². The Kier molecular flexibility index (Phi) is 6.39. The van der Waals surface area contributed by atoms with Crippen molar-refractivity contribution in [2.45, 2.75) is 44.4 Å². The minimum atomic E-state index is -3.87. The Morgan fingerprint density at radius 1 is 1.09 bits per heavy atom. The number of furan rings is 1. The summed E-state index contributed by atoms with van der Waals surface area (Å²) in [6.45, 7) is 5.51. The SMILES string of the molecule is Cc1cc2c(CCl)ccc(COC(NS(=O)(=O)c3ccccc3)c3noc(C)c3C)c2o1. The number of aromatic nitrogens is 1. The third-order valence-corrected chi connectivity index (χ3v) is 6.99. The zero-order valence-electron chi connectivity index (χ0n) is 17.9. The van der Waals surface area contributed by atoms with Gasteiger partial charge in [0.15, 0.2) is 6.23 Å². The van der Waals surface area contributed by atoms with Crippen molar-refractivity contribution in [3.05, 3.63) is 82.4 Å². The average Bonchev–Trinajstić information content (AvgIpc) is 3.33. The molecule has 32 heavy (non-hydrogen) atoms. The first-order chi connectivity index (χ1) is 15.3. The smallest absolute Gasteiger partial charge is 0.243 e. The number of hydrogen-bond acceptors (Lipinski definition) is 6. The van der Waals surface area contributed by atoms with Gasteiger partial charge in [-0.15, -0.1) is 11.6 Å². The number of alkyl halides is 1. The molecule has 1 N–H and O–H groups in total. The summed E-state index contributed by atoms with van der Waals surface area (Å²) in [5, 5.41) is 4.94. The molecule has 0 bridgehead atoms. The van der Waals surface area contributed by atoms with Crippen LogP contribution in [-0.4, -0.2) is 13.6 Å². The summed E-state index contributed by atoms with van der Waals surface area (Å²) < 4.78 is 45.7. The normalized spacial score (nSPS) is 13.0. The molecule has 2 aromatic carbocycles. The van der Waals surface area contributed by atoms with Crippen LogP contribution in [0.5, 0.6) is 0 Å². The third-order valence-electron chi connectivity index (χ3n) is 5.29. The summed E-state index contributed by atoms with van der Waals surface area (Å²) in [5.41, 5.74) is 3.46. The molecular weight excluding hydrogens is 452 g/mol. The van der Waals surface area contributed by atoms with Crippen LogP contribution in [0.15, 0.2) is 62.4 Å². The highest BCUT2D eigenvalue weighted by atomic mass is 35.5. The van der Waals surface area contributed by atoms with E-state index in [1.807, 2.05) is 25.1 Å². The lowest BCUT2D eigenvalue weighted by Crippen LogP contribution is -2.31. The summed E-state index contributed by atoms with van der Waals surface area (Å²) >= 11 is 6.06. The van der Waals surface area contributed by atoms with Crippen LogP contribution in [0.2, 0.25) is 0 Å². The highest BCUT2D eigenvalue weighted by molar-refractivity contribution is 7.89. The fourth-order valence-electron chi connectivity index (χ4n) is 3.42. The Hall–Kier alpha value is -2.65. The van der Waals surface area contributed by atoms with Crippen molar-refractivity contribution >= 4 is 32.6 Å². The fourth-order valence-corrected chi connectivity index (χ4v) is 4.76. The van der Waals surface area contributed by atoms with E-state index in [1.165, 1.54) is 12.1 Å². The lowest BCUT2D eigenvalue weighted by atomic mass is 10.1. The Morgan fingerprint density at radius 3 is 2.47 bits per heavy atom.